The third-order valence-electron chi connectivity index (χ3n) is 4.75. The van der Waals surface area contributed by atoms with Gasteiger partial charge in [-0.25, -0.2) is 4.39 Å². The summed E-state index contributed by atoms with van der Waals surface area (Å²) in [5, 5.41) is 13.8. The average Bonchev–Trinajstić information content (AvgIpc) is 2.64. The number of hydrogen-bond donors (Lipinski definition) is 2. The number of carbonyl (C=O) groups is 2. The maximum absolute atomic E-state index is 14.1. The fraction of sp³-hybridized carbons (Fsp3) is 0.579. The van der Waals surface area contributed by atoms with Crippen LogP contribution in [0.25, 0.3) is 0 Å². The Morgan fingerprint density at radius 3 is 2.85 bits per heavy atom. The first-order valence-electron chi connectivity index (χ1n) is 9.02. The van der Waals surface area contributed by atoms with Crippen LogP contribution in [0.1, 0.15) is 24.8 Å². The molecule has 27 heavy (non-hydrogen) atoms. The first-order valence-corrected chi connectivity index (χ1v) is 9.02. The number of amides is 2. The monoisotopic (exact) mass is 381 g/mol. The summed E-state index contributed by atoms with van der Waals surface area (Å²) in [6, 6.07) is 4.38. The summed E-state index contributed by atoms with van der Waals surface area (Å²) in [6.45, 7) is 0.959. The highest BCUT2D eigenvalue weighted by atomic mass is 19.1. The fourth-order valence-corrected chi connectivity index (χ4v) is 3.10. The van der Waals surface area contributed by atoms with E-state index in [1.807, 2.05) is 0 Å². The zero-order chi connectivity index (χ0) is 20.0. The fourth-order valence-electron chi connectivity index (χ4n) is 3.10. The van der Waals surface area contributed by atoms with Crippen molar-refractivity contribution in [3.8, 4) is 5.75 Å². The largest absolute Gasteiger partial charge is 0.497 e. The third kappa shape index (κ3) is 5.40. The van der Waals surface area contributed by atoms with Crippen LogP contribution in [-0.4, -0.2) is 73.2 Å². The summed E-state index contributed by atoms with van der Waals surface area (Å²) in [6.07, 6.45) is 1.24. The second kappa shape index (κ2) is 9.14. The van der Waals surface area contributed by atoms with Gasteiger partial charge in [0.25, 0.3) is 5.91 Å². The van der Waals surface area contributed by atoms with Gasteiger partial charge in [0.05, 0.1) is 7.11 Å². The van der Waals surface area contributed by atoms with E-state index in [1.54, 1.807) is 20.2 Å². The van der Waals surface area contributed by atoms with Gasteiger partial charge in [0, 0.05) is 52.3 Å². The smallest absolute Gasteiger partial charge is 0.256 e. The number of likely N-dealkylation sites (tertiary alicyclic amines) is 1. The molecule has 0 bridgehead atoms. The van der Waals surface area contributed by atoms with Gasteiger partial charge in [0.1, 0.15) is 11.6 Å². The lowest BCUT2D eigenvalue weighted by Gasteiger charge is -2.38. The van der Waals surface area contributed by atoms with Gasteiger partial charge >= 0.3 is 0 Å². The van der Waals surface area contributed by atoms with Crippen molar-refractivity contribution >= 4 is 11.8 Å². The predicted molar refractivity (Wildman–Crippen MR) is 98.7 cm³/mol. The standard InChI is InChI=1S/C19H28FN3O4/c1-22(2)17(24)7-9-21-13-19(26)8-4-10-23(18(19)25)12-14-11-15(27-3)5-6-16(14)20/h5-6,11,21,26H,4,7-10,12-13H2,1-3H3/t19-/m0/s1. The van der Waals surface area contributed by atoms with E-state index in [0.717, 1.165) is 0 Å². The van der Waals surface area contributed by atoms with Crippen LogP contribution in [0, 0.1) is 5.82 Å². The number of aliphatic hydroxyl groups is 1. The lowest BCUT2D eigenvalue weighted by molar-refractivity contribution is -0.157. The topological polar surface area (TPSA) is 82.1 Å². The Morgan fingerprint density at radius 1 is 1.44 bits per heavy atom. The van der Waals surface area contributed by atoms with Crippen LogP contribution in [-0.2, 0) is 16.1 Å². The molecule has 0 saturated carbocycles. The molecule has 1 aliphatic heterocycles. The molecule has 150 valence electrons. The SMILES string of the molecule is COc1ccc(F)c(CN2CCC[C@](O)(CNCCC(=O)N(C)C)C2=O)c1. The first-order chi connectivity index (χ1) is 12.8. The molecule has 1 aromatic carbocycles. The van der Waals surface area contributed by atoms with Crippen molar-refractivity contribution in [1.29, 1.82) is 0 Å². The molecule has 0 aromatic heterocycles. The Bertz CT molecular complexity index is 683. The summed E-state index contributed by atoms with van der Waals surface area (Å²) in [5.41, 5.74) is -1.20. The quantitative estimate of drug-likeness (QED) is 0.650. The van der Waals surface area contributed by atoms with Gasteiger partial charge in [0.2, 0.25) is 5.91 Å². The van der Waals surface area contributed by atoms with Gasteiger partial charge < -0.3 is 25.0 Å². The normalized spacial score (nSPS) is 19.9. The molecule has 1 saturated heterocycles. The van der Waals surface area contributed by atoms with Gasteiger partial charge in [-0.05, 0) is 31.0 Å². The van der Waals surface area contributed by atoms with Crippen molar-refractivity contribution in [1.82, 2.24) is 15.1 Å². The molecule has 2 rings (SSSR count). The molecular formula is C19H28FN3O4. The molecule has 0 radical (unpaired) electrons. The Morgan fingerprint density at radius 2 is 2.19 bits per heavy atom. The van der Waals surface area contributed by atoms with E-state index in [-0.39, 0.29) is 25.4 Å². The summed E-state index contributed by atoms with van der Waals surface area (Å²) in [7, 11) is 4.85. The molecule has 1 fully saturated rings. The van der Waals surface area contributed by atoms with Crippen LogP contribution in [0.5, 0.6) is 5.75 Å². The maximum atomic E-state index is 14.1. The minimum atomic E-state index is -1.55. The zero-order valence-electron chi connectivity index (χ0n) is 16.1. The first kappa shape index (κ1) is 21.1. The third-order valence-corrected chi connectivity index (χ3v) is 4.75. The van der Waals surface area contributed by atoms with E-state index in [0.29, 0.717) is 37.2 Å². The van der Waals surface area contributed by atoms with Gasteiger partial charge in [0.15, 0.2) is 5.60 Å². The molecule has 2 N–H and O–H groups in total. The molecule has 0 unspecified atom stereocenters. The number of benzene rings is 1. The number of rotatable bonds is 8. The minimum absolute atomic E-state index is 0.0282. The van der Waals surface area contributed by atoms with Crippen molar-refractivity contribution in [2.45, 2.75) is 31.4 Å². The van der Waals surface area contributed by atoms with Crippen LogP contribution in [0.15, 0.2) is 18.2 Å². The van der Waals surface area contributed by atoms with Gasteiger partial charge in [-0.2, -0.15) is 0 Å². The second-order valence-corrected chi connectivity index (χ2v) is 7.03. The summed E-state index contributed by atoms with van der Waals surface area (Å²) in [4.78, 5) is 27.3. The number of carbonyl (C=O) groups excluding carboxylic acids is 2. The Kier molecular flexibility index (Phi) is 7.15. The van der Waals surface area contributed by atoms with Crippen molar-refractivity contribution in [2.75, 3.05) is 40.8 Å². The van der Waals surface area contributed by atoms with E-state index in [9.17, 15) is 19.1 Å². The molecule has 0 spiro atoms. The van der Waals surface area contributed by atoms with E-state index in [2.05, 4.69) is 5.32 Å². The molecule has 1 atom stereocenters. The highest BCUT2D eigenvalue weighted by Crippen LogP contribution is 2.25. The summed E-state index contributed by atoms with van der Waals surface area (Å²) >= 11 is 0. The molecule has 0 aliphatic carbocycles. The number of methoxy groups -OCH3 is 1. The lowest BCUT2D eigenvalue weighted by atomic mass is 9.91. The zero-order valence-corrected chi connectivity index (χ0v) is 16.1. The van der Waals surface area contributed by atoms with E-state index >= 15 is 0 Å². The predicted octanol–water partition coefficient (Wildman–Crippen LogP) is 0.756. The average molecular weight is 381 g/mol. The van der Waals surface area contributed by atoms with E-state index < -0.39 is 17.3 Å². The van der Waals surface area contributed by atoms with Crippen LogP contribution in [0.2, 0.25) is 0 Å². The van der Waals surface area contributed by atoms with Crippen LogP contribution in [0.3, 0.4) is 0 Å². The number of halogens is 1. The molecule has 1 aromatic rings. The van der Waals surface area contributed by atoms with Gasteiger partial charge in [-0.1, -0.05) is 0 Å². The molecule has 1 heterocycles. The lowest BCUT2D eigenvalue weighted by Crippen LogP contribution is -2.57. The van der Waals surface area contributed by atoms with Crippen molar-refractivity contribution in [3.63, 3.8) is 0 Å². The van der Waals surface area contributed by atoms with Gasteiger partial charge in [-0.15, -0.1) is 0 Å². The minimum Gasteiger partial charge on any atom is -0.497 e. The van der Waals surface area contributed by atoms with Crippen molar-refractivity contribution in [2.24, 2.45) is 0 Å². The molecule has 1 aliphatic rings. The number of hydrogen-bond acceptors (Lipinski definition) is 5. The Hall–Kier alpha value is -2.19. The van der Waals surface area contributed by atoms with Crippen LogP contribution >= 0.6 is 0 Å². The highest BCUT2D eigenvalue weighted by Gasteiger charge is 2.41. The molecule has 2 amide bonds. The Labute approximate surface area is 159 Å². The Balaban J connectivity index is 1.97. The van der Waals surface area contributed by atoms with E-state index in [4.69, 9.17) is 4.74 Å². The number of nitrogens with one attached hydrogen (secondary N) is 1. The number of ether oxygens (including phenoxy) is 1. The van der Waals surface area contributed by atoms with Gasteiger partial charge in [-0.3, -0.25) is 9.59 Å². The van der Waals surface area contributed by atoms with E-state index in [1.165, 1.54) is 29.0 Å². The van der Waals surface area contributed by atoms with Crippen molar-refractivity contribution in [3.05, 3.63) is 29.6 Å². The van der Waals surface area contributed by atoms with Crippen molar-refractivity contribution < 1.29 is 23.8 Å². The van der Waals surface area contributed by atoms with Crippen LogP contribution < -0.4 is 10.1 Å². The summed E-state index contributed by atoms with van der Waals surface area (Å²) < 4.78 is 19.2. The molecule has 8 heteroatoms. The van der Waals surface area contributed by atoms with Crippen LogP contribution in [0.4, 0.5) is 4.39 Å². The molecule has 7 nitrogen and oxygen atoms in total. The number of nitrogens with zero attached hydrogens (tertiary/aromatic N) is 2. The molecular weight excluding hydrogens is 353 g/mol. The second-order valence-electron chi connectivity index (χ2n) is 7.03. The summed E-state index contributed by atoms with van der Waals surface area (Å²) in [5.74, 6) is -0.363. The maximum Gasteiger partial charge on any atom is 0.256 e. The number of piperidine rings is 1. The highest BCUT2D eigenvalue weighted by molar-refractivity contribution is 5.86.